The molecule has 1 fully saturated rings. The number of aryl methyl sites for hydroxylation is 2. The summed E-state index contributed by atoms with van der Waals surface area (Å²) in [6, 6.07) is 12.3. The monoisotopic (exact) mass is 471 g/mol. The molecular weight excluding hydrogens is 438 g/mol. The summed E-state index contributed by atoms with van der Waals surface area (Å²) in [5.41, 5.74) is 2.58. The lowest BCUT2D eigenvalue weighted by molar-refractivity contribution is -0.119. The predicted molar refractivity (Wildman–Crippen MR) is 130 cm³/mol. The Balaban J connectivity index is 1.72. The summed E-state index contributed by atoms with van der Waals surface area (Å²) in [6.45, 7) is 6.37. The lowest BCUT2D eigenvalue weighted by Gasteiger charge is -2.32. The molecule has 0 saturated carbocycles. The summed E-state index contributed by atoms with van der Waals surface area (Å²) in [6.07, 6.45) is 4.52. The van der Waals surface area contributed by atoms with Gasteiger partial charge in [0.2, 0.25) is 5.91 Å². The van der Waals surface area contributed by atoms with Crippen LogP contribution in [0.25, 0.3) is 0 Å². The molecule has 1 aliphatic rings. The van der Waals surface area contributed by atoms with Crippen LogP contribution in [0.15, 0.2) is 47.4 Å². The second-order valence-corrected chi connectivity index (χ2v) is 10.3. The first-order chi connectivity index (χ1) is 15.7. The van der Waals surface area contributed by atoms with Gasteiger partial charge < -0.3 is 10.2 Å². The van der Waals surface area contributed by atoms with Crippen LogP contribution in [-0.2, 0) is 21.2 Å². The zero-order chi connectivity index (χ0) is 24.0. The highest BCUT2D eigenvalue weighted by Gasteiger charge is 2.26. The third-order valence-corrected chi connectivity index (χ3v) is 7.46. The van der Waals surface area contributed by atoms with Crippen molar-refractivity contribution in [3.8, 4) is 0 Å². The van der Waals surface area contributed by atoms with Crippen molar-refractivity contribution >= 4 is 27.5 Å². The van der Waals surface area contributed by atoms with E-state index in [-0.39, 0.29) is 22.8 Å². The molecule has 1 aliphatic heterocycles. The molecule has 1 saturated heterocycles. The van der Waals surface area contributed by atoms with Crippen LogP contribution in [0, 0.1) is 6.92 Å². The van der Waals surface area contributed by atoms with Crippen molar-refractivity contribution in [2.45, 2.75) is 63.8 Å². The van der Waals surface area contributed by atoms with E-state index in [2.05, 4.69) is 17.0 Å². The van der Waals surface area contributed by atoms with E-state index in [1.54, 1.807) is 36.1 Å². The molecule has 33 heavy (non-hydrogen) atoms. The number of nitrogens with one attached hydrogen (secondary N) is 2. The first-order valence-corrected chi connectivity index (χ1v) is 13.0. The number of unbranched alkanes of at least 4 members (excludes halogenated alkanes) is 1. The maximum Gasteiger partial charge on any atom is 0.262 e. The minimum atomic E-state index is -3.85. The number of rotatable bonds is 8. The lowest BCUT2D eigenvalue weighted by atomic mass is 10.0. The van der Waals surface area contributed by atoms with Crippen molar-refractivity contribution in [2.24, 2.45) is 0 Å². The van der Waals surface area contributed by atoms with Gasteiger partial charge >= 0.3 is 0 Å². The van der Waals surface area contributed by atoms with E-state index < -0.39 is 10.0 Å². The molecular formula is C25H33N3O4S. The molecule has 178 valence electrons. The Morgan fingerprint density at radius 2 is 1.73 bits per heavy atom. The standard InChI is InChI=1S/C25H33N3O4S/c1-4-5-6-20-8-11-23(12-9-20)27-33(31,32)24-17-21(10-7-18(24)2)25(30)28-15-13-22(14-16-28)26-19(3)29/h7-12,17,22,27H,4-6,13-16H2,1-3H3,(H,26,29). The first-order valence-electron chi connectivity index (χ1n) is 11.5. The molecule has 7 nitrogen and oxygen atoms in total. The van der Waals surface area contributed by atoms with E-state index in [9.17, 15) is 18.0 Å². The van der Waals surface area contributed by atoms with Crippen LogP contribution in [0.5, 0.6) is 0 Å². The van der Waals surface area contributed by atoms with Crippen molar-refractivity contribution in [1.29, 1.82) is 0 Å². The Morgan fingerprint density at radius 1 is 1.06 bits per heavy atom. The summed E-state index contributed by atoms with van der Waals surface area (Å²) >= 11 is 0. The number of carbonyl (C=O) groups excluding carboxylic acids is 2. The summed E-state index contributed by atoms with van der Waals surface area (Å²) in [4.78, 5) is 26.1. The molecule has 8 heteroatoms. The third kappa shape index (κ3) is 6.57. The molecule has 0 atom stereocenters. The van der Waals surface area contributed by atoms with Gasteiger partial charge in [-0.1, -0.05) is 31.5 Å². The average molecular weight is 472 g/mol. The molecule has 2 amide bonds. The van der Waals surface area contributed by atoms with E-state index >= 15 is 0 Å². The van der Waals surface area contributed by atoms with Crippen LogP contribution in [-0.4, -0.2) is 44.3 Å². The molecule has 0 aromatic heterocycles. The number of piperidine rings is 1. The van der Waals surface area contributed by atoms with Crippen molar-refractivity contribution in [2.75, 3.05) is 17.8 Å². The fourth-order valence-electron chi connectivity index (χ4n) is 4.05. The number of likely N-dealkylation sites (tertiary alicyclic amines) is 1. The van der Waals surface area contributed by atoms with Crippen LogP contribution in [0.2, 0.25) is 0 Å². The second kappa shape index (κ2) is 10.8. The molecule has 0 unspecified atom stereocenters. The number of hydrogen-bond acceptors (Lipinski definition) is 4. The molecule has 0 bridgehead atoms. The first kappa shape index (κ1) is 24.8. The minimum absolute atomic E-state index is 0.0677. The largest absolute Gasteiger partial charge is 0.353 e. The average Bonchev–Trinajstić information content (AvgIpc) is 2.78. The molecule has 0 radical (unpaired) electrons. The maximum absolute atomic E-state index is 13.1. The number of anilines is 1. The molecule has 3 rings (SSSR count). The van der Waals surface area contributed by atoms with Gasteiger partial charge in [0, 0.05) is 37.3 Å². The molecule has 2 aromatic carbocycles. The van der Waals surface area contributed by atoms with Gasteiger partial charge in [0.1, 0.15) is 0 Å². The molecule has 0 spiro atoms. The van der Waals surface area contributed by atoms with Gasteiger partial charge in [0.05, 0.1) is 4.90 Å². The van der Waals surface area contributed by atoms with Gasteiger partial charge in [-0.3, -0.25) is 14.3 Å². The normalized spacial score (nSPS) is 14.7. The highest BCUT2D eigenvalue weighted by Crippen LogP contribution is 2.23. The summed E-state index contributed by atoms with van der Waals surface area (Å²) in [5, 5.41) is 2.89. The smallest absolute Gasteiger partial charge is 0.262 e. The van der Waals surface area contributed by atoms with Gasteiger partial charge in [0.15, 0.2) is 0 Å². The van der Waals surface area contributed by atoms with E-state index in [1.807, 2.05) is 12.1 Å². The number of benzene rings is 2. The van der Waals surface area contributed by atoms with Gasteiger partial charge in [-0.05, 0) is 68.0 Å². The Morgan fingerprint density at radius 3 is 2.33 bits per heavy atom. The number of hydrogen-bond donors (Lipinski definition) is 2. The van der Waals surface area contributed by atoms with Crippen molar-refractivity contribution in [3.05, 3.63) is 59.2 Å². The van der Waals surface area contributed by atoms with Crippen LogP contribution in [0.3, 0.4) is 0 Å². The number of sulfonamides is 1. The zero-order valence-electron chi connectivity index (χ0n) is 19.6. The number of carbonyl (C=O) groups is 2. The van der Waals surface area contributed by atoms with Crippen molar-refractivity contribution in [1.82, 2.24) is 10.2 Å². The Kier molecular flexibility index (Phi) is 8.13. The Hall–Kier alpha value is -2.87. The van der Waals surface area contributed by atoms with Crippen LogP contribution < -0.4 is 10.0 Å². The van der Waals surface area contributed by atoms with E-state index in [0.29, 0.717) is 42.7 Å². The maximum atomic E-state index is 13.1. The van der Waals surface area contributed by atoms with E-state index in [4.69, 9.17) is 0 Å². The lowest BCUT2D eigenvalue weighted by Crippen LogP contribution is -2.46. The Bertz CT molecular complexity index is 1090. The fourth-order valence-corrected chi connectivity index (χ4v) is 5.38. The zero-order valence-corrected chi connectivity index (χ0v) is 20.4. The van der Waals surface area contributed by atoms with Crippen LogP contribution in [0.4, 0.5) is 5.69 Å². The molecule has 1 heterocycles. The highest BCUT2D eigenvalue weighted by molar-refractivity contribution is 7.92. The van der Waals surface area contributed by atoms with Gasteiger partial charge in [0.25, 0.3) is 15.9 Å². The fraction of sp³-hybridized carbons (Fsp3) is 0.440. The predicted octanol–water partition coefficient (Wildman–Crippen LogP) is 3.88. The topological polar surface area (TPSA) is 95.6 Å². The SMILES string of the molecule is CCCCc1ccc(NS(=O)(=O)c2cc(C(=O)N3CCC(NC(C)=O)CC3)ccc2C)cc1. The number of amides is 2. The van der Waals surface area contributed by atoms with Gasteiger partial charge in [-0.25, -0.2) is 8.42 Å². The molecule has 2 aromatic rings. The molecule has 0 aliphatic carbocycles. The summed E-state index contributed by atoms with van der Waals surface area (Å²) < 4.78 is 28.8. The van der Waals surface area contributed by atoms with Crippen molar-refractivity contribution < 1.29 is 18.0 Å². The van der Waals surface area contributed by atoms with Crippen LogP contribution in [0.1, 0.15) is 61.0 Å². The van der Waals surface area contributed by atoms with E-state index in [1.165, 1.54) is 18.6 Å². The Labute approximate surface area is 196 Å². The quantitative estimate of drug-likeness (QED) is 0.611. The summed E-state index contributed by atoms with van der Waals surface area (Å²) in [5.74, 6) is -0.274. The van der Waals surface area contributed by atoms with Gasteiger partial charge in [-0.15, -0.1) is 0 Å². The van der Waals surface area contributed by atoms with E-state index in [0.717, 1.165) is 19.3 Å². The summed E-state index contributed by atoms with van der Waals surface area (Å²) in [7, 11) is -3.85. The van der Waals surface area contributed by atoms with Gasteiger partial charge in [-0.2, -0.15) is 0 Å². The highest BCUT2D eigenvalue weighted by atomic mass is 32.2. The van der Waals surface area contributed by atoms with Crippen LogP contribution >= 0.6 is 0 Å². The molecule has 2 N–H and O–H groups in total. The minimum Gasteiger partial charge on any atom is -0.353 e. The third-order valence-electron chi connectivity index (χ3n) is 5.94. The number of nitrogens with zero attached hydrogens (tertiary/aromatic N) is 1. The van der Waals surface area contributed by atoms with Crippen molar-refractivity contribution in [3.63, 3.8) is 0 Å². The second-order valence-electron chi connectivity index (χ2n) is 8.65.